The third-order valence-electron chi connectivity index (χ3n) is 7.10. The number of anilines is 1. The van der Waals surface area contributed by atoms with Crippen LogP contribution in [0.15, 0.2) is 28.7 Å². The van der Waals surface area contributed by atoms with E-state index in [-0.39, 0.29) is 36.1 Å². The number of benzene rings is 1. The Morgan fingerprint density at radius 3 is 2.27 bits per heavy atom. The van der Waals surface area contributed by atoms with Crippen LogP contribution in [-0.4, -0.2) is 42.8 Å². The fourth-order valence-electron chi connectivity index (χ4n) is 6.11. The van der Waals surface area contributed by atoms with E-state index in [1.165, 1.54) is 24.2 Å². The lowest BCUT2D eigenvalue weighted by molar-refractivity contribution is -0.146. The van der Waals surface area contributed by atoms with Gasteiger partial charge in [0.2, 0.25) is 17.7 Å². The van der Waals surface area contributed by atoms with E-state index in [2.05, 4.69) is 26.6 Å². The lowest BCUT2D eigenvalue weighted by atomic mass is 9.49. The summed E-state index contributed by atoms with van der Waals surface area (Å²) in [5.41, 5.74) is 0.485. The van der Waals surface area contributed by atoms with Crippen molar-refractivity contribution >= 4 is 39.3 Å². The van der Waals surface area contributed by atoms with Gasteiger partial charge in [-0.15, -0.1) is 0 Å². The highest BCUT2D eigenvalue weighted by Gasteiger charge is 2.54. The molecule has 0 heterocycles. The first-order valence-corrected chi connectivity index (χ1v) is 11.7. The summed E-state index contributed by atoms with van der Waals surface area (Å²) in [6.07, 6.45) is 7.18. The van der Waals surface area contributed by atoms with E-state index in [9.17, 15) is 14.4 Å². The second-order valence-corrected chi connectivity index (χ2v) is 10.3. The maximum Gasteiger partial charge on any atom is 0.244 e. The van der Waals surface area contributed by atoms with E-state index in [4.69, 9.17) is 0 Å². The molecule has 3 amide bonds. The first-order chi connectivity index (χ1) is 14.3. The molecule has 0 aliphatic heterocycles. The summed E-state index contributed by atoms with van der Waals surface area (Å²) in [7, 11) is 1.61. The van der Waals surface area contributed by atoms with E-state index in [0.717, 1.165) is 41.5 Å². The number of likely N-dealkylation sites (N-methyl/N-ethyl adjacent to an activating group) is 1. The van der Waals surface area contributed by atoms with Crippen LogP contribution in [0.1, 0.15) is 44.9 Å². The van der Waals surface area contributed by atoms with Crippen LogP contribution in [0.3, 0.4) is 0 Å². The van der Waals surface area contributed by atoms with E-state index in [0.29, 0.717) is 12.2 Å². The van der Waals surface area contributed by atoms with Crippen LogP contribution in [0.25, 0.3) is 0 Å². The normalized spacial score (nSPS) is 28.8. The van der Waals surface area contributed by atoms with Crippen LogP contribution >= 0.6 is 15.9 Å². The monoisotopic (exact) mass is 475 g/mol. The van der Waals surface area contributed by atoms with Crippen molar-refractivity contribution in [1.82, 2.24) is 10.2 Å². The van der Waals surface area contributed by atoms with Crippen LogP contribution in [-0.2, 0) is 14.4 Å². The number of nitrogens with zero attached hydrogens (tertiary/aromatic N) is 1. The van der Waals surface area contributed by atoms with E-state index in [1.807, 2.05) is 18.2 Å². The number of halogens is 1. The zero-order chi connectivity index (χ0) is 21.3. The van der Waals surface area contributed by atoms with Gasteiger partial charge in [-0.1, -0.05) is 12.1 Å². The minimum Gasteiger partial charge on any atom is -0.355 e. The highest BCUT2D eigenvalue weighted by molar-refractivity contribution is 9.10. The third kappa shape index (κ3) is 4.56. The Bertz CT molecular complexity index is 805. The molecule has 4 aliphatic carbocycles. The van der Waals surface area contributed by atoms with Crippen molar-refractivity contribution in [1.29, 1.82) is 0 Å². The zero-order valence-electron chi connectivity index (χ0n) is 17.5. The number of para-hydroxylation sites is 1. The molecule has 0 radical (unpaired) electrons. The van der Waals surface area contributed by atoms with E-state index in [1.54, 1.807) is 13.1 Å². The third-order valence-corrected chi connectivity index (χ3v) is 7.79. The first-order valence-electron chi connectivity index (χ1n) is 10.9. The van der Waals surface area contributed by atoms with Crippen molar-refractivity contribution in [3.63, 3.8) is 0 Å². The number of carbonyl (C=O) groups is 3. The molecule has 162 valence electrons. The Labute approximate surface area is 186 Å². The molecular formula is C23H30BrN3O3. The maximum absolute atomic E-state index is 13.0. The molecule has 0 saturated heterocycles. The molecule has 5 rings (SSSR count). The molecule has 7 heteroatoms. The highest BCUT2D eigenvalue weighted by Crippen LogP contribution is 2.60. The Kier molecular flexibility index (Phi) is 6.19. The lowest BCUT2D eigenvalue weighted by Gasteiger charge is -2.55. The Balaban J connectivity index is 1.21. The number of amides is 3. The Morgan fingerprint density at radius 2 is 1.67 bits per heavy atom. The maximum atomic E-state index is 13.0. The molecule has 1 aromatic carbocycles. The van der Waals surface area contributed by atoms with Gasteiger partial charge < -0.3 is 15.5 Å². The van der Waals surface area contributed by atoms with Crippen LogP contribution < -0.4 is 10.6 Å². The van der Waals surface area contributed by atoms with Crippen molar-refractivity contribution in [2.75, 3.05) is 25.5 Å². The summed E-state index contributed by atoms with van der Waals surface area (Å²) in [6, 6.07) is 7.34. The summed E-state index contributed by atoms with van der Waals surface area (Å²) < 4.78 is 0.791. The molecule has 0 aromatic heterocycles. The molecule has 2 N–H and O–H groups in total. The quantitative estimate of drug-likeness (QED) is 0.632. The van der Waals surface area contributed by atoms with Gasteiger partial charge in [-0.2, -0.15) is 0 Å². The standard InChI is InChI=1S/C23H30BrN3O3/c1-27(14-20(28)26-19-5-3-2-4-18(19)24)21(29)6-7-25-22(30)23-11-15-8-16(12-23)10-17(9-15)13-23/h2-5,15-17H,6-14H2,1H3,(H,25,30)(H,26,28). The summed E-state index contributed by atoms with van der Waals surface area (Å²) in [6.45, 7) is 0.304. The largest absolute Gasteiger partial charge is 0.355 e. The van der Waals surface area contributed by atoms with E-state index < -0.39 is 0 Å². The number of nitrogens with one attached hydrogen (secondary N) is 2. The molecule has 4 saturated carbocycles. The topological polar surface area (TPSA) is 78.5 Å². The average Bonchev–Trinajstić information content (AvgIpc) is 2.68. The molecule has 0 atom stereocenters. The van der Waals surface area contributed by atoms with Crippen molar-refractivity contribution in [2.45, 2.75) is 44.9 Å². The number of hydrogen-bond donors (Lipinski definition) is 2. The van der Waals surface area contributed by atoms with Crippen molar-refractivity contribution in [3.05, 3.63) is 28.7 Å². The molecule has 0 unspecified atom stereocenters. The predicted molar refractivity (Wildman–Crippen MR) is 119 cm³/mol. The van der Waals surface area contributed by atoms with Gasteiger partial charge in [-0.3, -0.25) is 14.4 Å². The fraction of sp³-hybridized carbons (Fsp3) is 0.609. The van der Waals surface area contributed by atoms with E-state index >= 15 is 0 Å². The predicted octanol–water partition coefficient (Wildman–Crippen LogP) is 3.57. The molecule has 4 bridgehead atoms. The minimum atomic E-state index is -0.254. The fourth-order valence-corrected chi connectivity index (χ4v) is 6.49. The molecule has 1 aromatic rings. The molecule has 4 aliphatic rings. The van der Waals surface area contributed by atoms with Crippen LogP contribution in [0.2, 0.25) is 0 Å². The molecule has 0 spiro atoms. The molecule has 4 fully saturated rings. The number of hydrogen-bond acceptors (Lipinski definition) is 3. The smallest absolute Gasteiger partial charge is 0.244 e. The molecular weight excluding hydrogens is 446 g/mol. The average molecular weight is 476 g/mol. The van der Waals surface area contributed by atoms with Crippen molar-refractivity contribution < 1.29 is 14.4 Å². The Morgan fingerprint density at radius 1 is 1.07 bits per heavy atom. The summed E-state index contributed by atoms with van der Waals surface area (Å²) >= 11 is 3.39. The van der Waals surface area contributed by atoms with Gasteiger partial charge in [0.25, 0.3) is 0 Å². The second kappa shape index (κ2) is 8.69. The minimum absolute atomic E-state index is 0.0247. The number of rotatable bonds is 7. The van der Waals surface area contributed by atoms with Gasteiger partial charge in [0.05, 0.1) is 12.2 Å². The van der Waals surface area contributed by atoms with Crippen LogP contribution in [0.4, 0.5) is 5.69 Å². The van der Waals surface area contributed by atoms with Gasteiger partial charge in [0, 0.05) is 29.9 Å². The van der Waals surface area contributed by atoms with Gasteiger partial charge in [0.1, 0.15) is 0 Å². The van der Waals surface area contributed by atoms with Crippen molar-refractivity contribution in [3.8, 4) is 0 Å². The second-order valence-electron chi connectivity index (χ2n) is 9.48. The molecule has 6 nitrogen and oxygen atoms in total. The van der Waals surface area contributed by atoms with Gasteiger partial charge >= 0.3 is 0 Å². The van der Waals surface area contributed by atoms with Gasteiger partial charge in [0.15, 0.2) is 0 Å². The van der Waals surface area contributed by atoms with Crippen molar-refractivity contribution in [2.24, 2.45) is 23.2 Å². The first kappa shape index (κ1) is 21.3. The number of carbonyl (C=O) groups excluding carboxylic acids is 3. The zero-order valence-corrected chi connectivity index (χ0v) is 19.0. The van der Waals surface area contributed by atoms with Crippen LogP contribution in [0.5, 0.6) is 0 Å². The summed E-state index contributed by atoms with van der Waals surface area (Å²) in [4.78, 5) is 39.0. The van der Waals surface area contributed by atoms with Crippen LogP contribution in [0, 0.1) is 23.2 Å². The summed E-state index contributed by atoms with van der Waals surface area (Å²) in [5, 5.41) is 5.83. The summed E-state index contributed by atoms with van der Waals surface area (Å²) in [5.74, 6) is 1.90. The lowest BCUT2D eigenvalue weighted by Crippen LogP contribution is -2.53. The SMILES string of the molecule is CN(CC(=O)Nc1ccccc1Br)C(=O)CCNC(=O)C12CC3CC(CC(C3)C1)C2. The van der Waals surface area contributed by atoms with Gasteiger partial charge in [-0.25, -0.2) is 0 Å². The van der Waals surface area contributed by atoms with Gasteiger partial charge in [-0.05, 0) is 84.3 Å². The Hall–Kier alpha value is -1.89. The molecule has 30 heavy (non-hydrogen) atoms. The highest BCUT2D eigenvalue weighted by atomic mass is 79.9.